The maximum atomic E-state index is 12.4. The molecule has 26 heavy (non-hydrogen) atoms. The third-order valence-electron chi connectivity index (χ3n) is 3.64. The van der Waals surface area contributed by atoms with E-state index in [9.17, 15) is 13.2 Å². The lowest BCUT2D eigenvalue weighted by Crippen LogP contribution is -2.34. The molecule has 0 spiro atoms. The Bertz CT molecular complexity index is 959. The van der Waals surface area contributed by atoms with E-state index in [0.29, 0.717) is 22.9 Å². The van der Waals surface area contributed by atoms with Gasteiger partial charge in [-0.05, 0) is 43.3 Å². The maximum Gasteiger partial charge on any atom is 0.286 e. The number of hydrogen-bond donors (Lipinski definition) is 1. The number of rotatable bonds is 4. The van der Waals surface area contributed by atoms with Crippen molar-refractivity contribution in [1.82, 2.24) is 0 Å². The van der Waals surface area contributed by atoms with Crippen molar-refractivity contribution in [3.8, 4) is 0 Å². The van der Waals surface area contributed by atoms with Crippen molar-refractivity contribution in [2.75, 3.05) is 22.5 Å². The first kappa shape index (κ1) is 18.8. The Morgan fingerprint density at radius 2 is 1.88 bits per heavy atom. The zero-order valence-electron chi connectivity index (χ0n) is 13.8. The lowest BCUT2D eigenvalue weighted by atomic mass is 10.3. The van der Waals surface area contributed by atoms with Crippen LogP contribution in [0, 0.1) is 0 Å². The van der Waals surface area contributed by atoms with Crippen LogP contribution in [-0.4, -0.2) is 31.8 Å². The summed E-state index contributed by atoms with van der Waals surface area (Å²) in [6.07, 6.45) is 0. The molecule has 0 aromatic heterocycles. The second-order valence-corrected chi connectivity index (χ2v) is 8.36. The average molecular weight is 410 g/mol. The second kappa shape index (κ2) is 7.69. The van der Waals surface area contributed by atoms with E-state index in [0.717, 1.165) is 11.8 Å². The van der Waals surface area contributed by atoms with Gasteiger partial charge in [-0.25, -0.2) is 0 Å². The predicted octanol–water partition coefficient (Wildman–Crippen LogP) is 3.60. The number of carbonyl (C=O) groups excluding carboxylic acids is 1. The largest absolute Gasteiger partial charge is 0.325 e. The van der Waals surface area contributed by atoms with E-state index in [1.807, 2.05) is 6.92 Å². The van der Waals surface area contributed by atoms with Crippen LogP contribution in [0.3, 0.4) is 0 Å². The highest BCUT2D eigenvalue weighted by atomic mass is 35.5. The molecular weight excluding hydrogens is 394 g/mol. The molecule has 0 atom stereocenters. The Balaban J connectivity index is 1.74. The van der Waals surface area contributed by atoms with Gasteiger partial charge >= 0.3 is 0 Å². The van der Waals surface area contributed by atoms with Crippen LogP contribution in [0.4, 0.5) is 11.4 Å². The Morgan fingerprint density at radius 3 is 2.58 bits per heavy atom. The van der Waals surface area contributed by atoms with E-state index in [1.54, 1.807) is 47.4 Å². The molecule has 0 radical (unpaired) electrons. The fraction of sp³-hybridized carbons (Fsp3) is 0.176. The topological polar surface area (TPSA) is 78.8 Å². The molecule has 9 heteroatoms. The molecule has 0 unspecified atom stereocenters. The quantitative estimate of drug-likeness (QED) is 0.834. The van der Waals surface area contributed by atoms with Crippen LogP contribution < -0.4 is 10.2 Å². The summed E-state index contributed by atoms with van der Waals surface area (Å²) >= 11 is 6.90. The molecule has 0 saturated carbocycles. The van der Waals surface area contributed by atoms with Crippen molar-refractivity contribution in [2.45, 2.75) is 11.8 Å². The normalized spacial score (nSPS) is 15.2. The lowest BCUT2D eigenvalue weighted by molar-refractivity contribution is -0.113. The average Bonchev–Trinajstić information content (AvgIpc) is 2.62. The van der Waals surface area contributed by atoms with Crippen molar-refractivity contribution in [3.05, 3.63) is 53.6 Å². The standard InChI is InChI=1S/C17H16ClN3O3S2/c1-2-21-14-5-3-4-6-15(14)26(23,24)20-17(21)25-11-16(22)19-13-9-7-12(18)8-10-13/h3-10H,2,11H2,1H3,(H,19,22). The number of nitrogens with one attached hydrogen (secondary N) is 1. The van der Waals surface area contributed by atoms with Gasteiger partial charge in [0.2, 0.25) is 5.91 Å². The molecule has 136 valence electrons. The zero-order chi connectivity index (χ0) is 18.7. The van der Waals surface area contributed by atoms with Crippen molar-refractivity contribution in [1.29, 1.82) is 0 Å². The molecule has 1 heterocycles. The van der Waals surface area contributed by atoms with Gasteiger partial charge in [-0.2, -0.15) is 8.42 Å². The van der Waals surface area contributed by atoms with Crippen LogP contribution in [0.5, 0.6) is 0 Å². The monoisotopic (exact) mass is 409 g/mol. The fourth-order valence-corrected chi connectivity index (χ4v) is 4.92. The minimum Gasteiger partial charge on any atom is -0.325 e. The van der Waals surface area contributed by atoms with Crippen molar-refractivity contribution in [3.63, 3.8) is 0 Å². The van der Waals surface area contributed by atoms with Gasteiger partial charge in [0.05, 0.1) is 11.4 Å². The highest BCUT2D eigenvalue weighted by Crippen LogP contribution is 2.33. The third kappa shape index (κ3) is 4.03. The first-order valence-corrected chi connectivity index (χ1v) is 10.6. The SMILES string of the molecule is CCN1C(SCC(=O)Nc2ccc(Cl)cc2)=NS(=O)(=O)c2ccccc21. The van der Waals surface area contributed by atoms with Crippen LogP contribution in [0.15, 0.2) is 57.8 Å². The Labute approximate surface area is 161 Å². The van der Waals surface area contributed by atoms with Gasteiger partial charge in [0, 0.05) is 17.3 Å². The number of halogens is 1. The Hall–Kier alpha value is -2.03. The van der Waals surface area contributed by atoms with Gasteiger partial charge in [0.25, 0.3) is 10.0 Å². The van der Waals surface area contributed by atoms with E-state index in [-0.39, 0.29) is 21.7 Å². The van der Waals surface area contributed by atoms with Crippen LogP contribution >= 0.6 is 23.4 Å². The van der Waals surface area contributed by atoms with E-state index >= 15 is 0 Å². The van der Waals surface area contributed by atoms with Crippen molar-refractivity contribution < 1.29 is 13.2 Å². The first-order chi connectivity index (χ1) is 12.4. The van der Waals surface area contributed by atoms with Gasteiger partial charge in [-0.15, -0.1) is 4.40 Å². The molecule has 3 rings (SSSR count). The van der Waals surface area contributed by atoms with Gasteiger partial charge in [0.1, 0.15) is 4.90 Å². The number of anilines is 2. The molecule has 1 aliphatic rings. The van der Waals surface area contributed by atoms with Crippen molar-refractivity contribution in [2.24, 2.45) is 4.40 Å². The molecule has 0 aliphatic carbocycles. The molecule has 1 amide bonds. The molecule has 2 aromatic rings. The van der Waals surface area contributed by atoms with Gasteiger partial charge in [-0.1, -0.05) is 35.5 Å². The number of hydrogen-bond acceptors (Lipinski definition) is 5. The Kier molecular flexibility index (Phi) is 5.55. The van der Waals surface area contributed by atoms with E-state index in [4.69, 9.17) is 11.6 Å². The number of nitrogens with zero attached hydrogens (tertiary/aromatic N) is 2. The summed E-state index contributed by atoms with van der Waals surface area (Å²) in [6, 6.07) is 13.5. The zero-order valence-corrected chi connectivity index (χ0v) is 16.2. The summed E-state index contributed by atoms with van der Waals surface area (Å²) in [6.45, 7) is 2.44. The fourth-order valence-electron chi connectivity index (χ4n) is 2.47. The highest BCUT2D eigenvalue weighted by molar-refractivity contribution is 8.15. The molecule has 2 aromatic carbocycles. The molecular formula is C17H16ClN3O3S2. The summed E-state index contributed by atoms with van der Waals surface area (Å²) < 4.78 is 28.6. The molecule has 6 nitrogen and oxygen atoms in total. The predicted molar refractivity (Wildman–Crippen MR) is 107 cm³/mol. The number of fused-ring (bicyclic) bond motifs is 1. The Morgan fingerprint density at radius 1 is 1.19 bits per heavy atom. The van der Waals surface area contributed by atoms with Gasteiger partial charge in [0.15, 0.2) is 5.17 Å². The molecule has 0 saturated heterocycles. The maximum absolute atomic E-state index is 12.4. The smallest absolute Gasteiger partial charge is 0.286 e. The summed E-state index contributed by atoms with van der Waals surface area (Å²) in [5.41, 5.74) is 1.20. The van der Waals surface area contributed by atoms with Gasteiger partial charge < -0.3 is 10.2 Å². The molecule has 1 N–H and O–H groups in total. The summed E-state index contributed by atoms with van der Waals surface area (Å²) in [5, 5.41) is 3.61. The number of para-hydroxylation sites is 1. The van der Waals surface area contributed by atoms with Crippen LogP contribution in [0.25, 0.3) is 0 Å². The molecule has 0 bridgehead atoms. The molecule has 0 fully saturated rings. The number of amidine groups is 1. The van der Waals surface area contributed by atoms with Crippen LogP contribution in [-0.2, 0) is 14.8 Å². The first-order valence-electron chi connectivity index (χ1n) is 7.80. The third-order valence-corrected chi connectivity index (χ3v) is 6.30. The van der Waals surface area contributed by atoms with Crippen molar-refractivity contribution >= 4 is 55.8 Å². The minimum atomic E-state index is -3.77. The van der Waals surface area contributed by atoms with Crippen LogP contribution in [0.1, 0.15) is 6.92 Å². The number of amides is 1. The lowest BCUT2D eigenvalue weighted by Gasteiger charge is -2.29. The summed E-state index contributed by atoms with van der Waals surface area (Å²) in [4.78, 5) is 14.1. The van der Waals surface area contributed by atoms with E-state index < -0.39 is 10.0 Å². The van der Waals surface area contributed by atoms with E-state index in [2.05, 4.69) is 9.71 Å². The number of carbonyl (C=O) groups is 1. The minimum absolute atomic E-state index is 0.0373. The number of thioether (sulfide) groups is 1. The number of benzene rings is 2. The molecule has 1 aliphatic heterocycles. The second-order valence-electron chi connectivity index (χ2n) is 5.40. The van der Waals surface area contributed by atoms with Gasteiger partial charge in [-0.3, -0.25) is 4.79 Å². The number of sulfonamides is 1. The summed E-state index contributed by atoms with van der Waals surface area (Å²) in [7, 11) is -3.77. The summed E-state index contributed by atoms with van der Waals surface area (Å²) in [5.74, 6) is -0.220. The van der Waals surface area contributed by atoms with Crippen LogP contribution in [0.2, 0.25) is 5.02 Å². The van der Waals surface area contributed by atoms with E-state index in [1.165, 1.54) is 6.07 Å². The highest BCUT2D eigenvalue weighted by Gasteiger charge is 2.30.